The lowest BCUT2D eigenvalue weighted by molar-refractivity contribution is -0.140. The van der Waals surface area contributed by atoms with Crippen molar-refractivity contribution in [3.8, 4) is 0 Å². The largest absolute Gasteiger partial charge is 0.419 e. The van der Waals surface area contributed by atoms with E-state index in [1.165, 1.54) is 11.9 Å². The van der Waals surface area contributed by atoms with Crippen LogP contribution >= 0.6 is 0 Å². The number of alkyl halides is 3. The lowest BCUT2D eigenvalue weighted by Crippen LogP contribution is -2.38. The number of carbonyl (C=O) groups is 1. The highest BCUT2D eigenvalue weighted by Gasteiger charge is 2.36. The van der Waals surface area contributed by atoms with Gasteiger partial charge in [-0.05, 0) is 44.5 Å². The normalized spacial score (nSPS) is 19.6. The van der Waals surface area contributed by atoms with Gasteiger partial charge in [-0.15, -0.1) is 0 Å². The highest BCUT2D eigenvalue weighted by Crippen LogP contribution is 2.32. The summed E-state index contributed by atoms with van der Waals surface area (Å²) in [6.45, 7) is 1.57. The Morgan fingerprint density at radius 3 is 2.68 bits per heavy atom. The van der Waals surface area contributed by atoms with Gasteiger partial charge in [-0.3, -0.25) is 4.79 Å². The number of nitrogens with zero attached hydrogens (tertiary/aromatic N) is 1. The third-order valence-electron chi connectivity index (χ3n) is 3.95. The Labute approximate surface area is 126 Å². The number of rotatable bonds is 2. The van der Waals surface area contributed by atoms with Gasteiger partial charge in [-0.25, -0.2) is 4.39 Å². The first-order valence-electron chi connectivity index (χ1n) is 7.16. The summed E-state index contributed by atoms with van der Waals surface area (Å²) in [7, 11) is 1.51. The molecule has 1 fully saturated rings. The summed E-state index contributed by atoms with van der Waals surface area (Å²) in [6, 6.07) is 2.69. The van der Waals surface area contributed by atoms with E-state index < -0.39 is 29.0 Å². The highest BCUT2D eigenvalue weighted by atomic mass is 19.4. The molecule has 2 rings (SSSR count). The van der Waals surface area contributed by atoms with Crippen LogP contribution in [-0.4, -0.2) is 37.0 Å². The molecule has 3 nitrogen and oxygen atoms in total. The third-order valence-corrected chi connectivity index (χ3v) is 3.95. The molecule has 1 aromatic rings. The Hall–Kier alpha value is -1.63. The Bertz CT molecular complexity index is 537. The van der Waals surface area contributed by atoms with Crippen LogP contribution in [0, 0.1) is 5.82 Å². The zero-order valence-electron chi connectivity index (χ0n) is 12.2. The molecule has 1 aromatic carbocycles. The van der Waals surface area contributed by atoms with Crippen molar-refractivity contribution in [3.05, 3.63) is 35.1 Å². The number of carbonyl (C=O) groups excluding carboxylic acids is 1. The second-order valence-corrected chi connectivity index (χ2v) is 5.42. The van der Waals surface area contributed by atoms with Crippen LogP contribution in [0.25, 0.3) is 0 Å². The molecule has 1 unspecified atom stereocenters. The van der Waals surface area contributed by atoms with Crippen molar-refractivity contribution >= 4 is 5.91 Å². The van der Waals surface area contributed by atoms with Gasteiger partial charge in [0.25, 0.3) is 5.91 Å². The molecule has 1 saturated heterocycles. The van der Waals surface area contributed by atoms with E-state index in [0.29, 0.717) is 12.5 Å². The van der Waals surface area contributed by atoms with Crippen LogP contribution in [0.5, 0.6) is 0 Å². The summed E-state index contributed by atoms with van der Waals surface area (Å²) < 4.78 is 52.2. The first kappa shape index (κ1) is 16.7. The number of hydrogen-bond donors (Lipinski definition) is 1. The van der Waals surface area contributed by atoms with Crippen molar-refractivity contribution < 1.29 is 22.4 Å². The van der Waals surface area contributed by atoms with Gasteiger partial charge in [0.2, 0.25) is 0 Å². The lowest BCUT2D eigenvalue weighted by atomic mass is 10.0. The van der Waals surface area contributed by atoms with Gasteiger partial charge >= 0.3 is 6.18 Å². The van der Waals surface area contributed by atoms with Crippen LogP contribution in [0.4, 0.5) is 17.6 Å². The van der Waals surface area contributed by atoms with Crippen molar-refractivity contribution in [2.45, 2.75) is 31.5 Å². The zero-order valence-corrected chi connectivity index (χ0v) is 12.2. The molecule has 0 saturated carbocycles. The predicted molar refractivity (Wildman–Crippen MR) is 74.0 cm³/mol. The number of halogens is 4. The van der Waals surface area contributed by atoms with Crippen LogP contribution in [0.2, 0.25) is 0 Å². The quantitative estimate of drug-likeness (QED) is 0.850. The minimum atomic E-state index is -4.81. The molecule has 1 heterocycles. The molecule has 0 aromatic heterocycles. The van der Waals surface area contributed by atoms with Crippen molar-refractivity contribution in [2.24, 2.45) is 0 Å². The second-order valence-electron chi connectivity index (χ2n) is 5.42. The highest BCUT2D eigenvalue weighted by molar-refractivity contribution is 5.94. The Morgan fingerprint density at radius 2 is 2.00 bits per heavy atom. The fourth-order valence-corrected chi connectivity index (χ4v) is 2.66. The van der Waals surface area contributed by atoms with E-state index in [4.69, 9.17) is 0 Å². The second kappa shape index (κ2) is 6.64. The number of hydrogen-bond acceptors (Lipinski definition) is 2. The molecule has 1 amide bonds. The third kappa shape index (κ3) is 3.58. The lowest BCUT2D eigenvalue weighted by Gasteiger charge is -2.27. The summed E-state index contributed by atoms with van der Waals surface area (Å²) in [5.41, 5.74) is -1.94. The summed E-state index contributed by atoms with van der Waals surface area (Å²) in [5.74, 6) is -2.21. The fourth-order valence-electron chi connectivity index (χ4n) is 2.66. The van der Waals surface area contributed by atoms with Gasteiger partial charge in [0.15, 0.2) is 0 Å². The minimum Gasteiger partial charge on any atom is -0.339 e. The van der Waals surface area contributed by atoms with E-state index in [0.717, 1.165) is 38.1 Å². The Kier molecular flexibility index (Phi) is 5.05. The fraction of sp³-hybridized carbons (Fsp3) is 0.533. The molecule has 7 heteroatoms. The van der Waals surface area contributed by atoms with E-state index in [2.05, 4.69) is 5.32 Å². The SMILES string of the molecule is CN(C(=O)c1cccc(C(F)(F)F)c1F)C1CCCNCC1. The average Bonchev–Trinajstić information content (AvgIpc) is 2.73. The monoisotopic (exact) mass is 318 g/mol. The van der Waals surface area contributed by atoms with Crippen LogP contribution in [-0.2, 0) is 6.18 Å². The molecular weight excluding hydrogens is 300 g/mol. The van der Waals surface area contributed by atoms with Crippen molar-refractivity contribution in [1.29, 1.82) is 0 Å². The van der Waals surface area contributed by atoms with E-state index in [-0.39, 0.29) is 6.04 Å². The minimum absolute atomic E-state index is 0.101. The number of nitrogens with one attached hydrogen (secondary N) is 1. The molecule has 122 valence electrons. The number of benzene rings is 1. The summed E-state index contributed by atoms with van der Waals surface area (Å²) in [5, 5.41) is 3.19. The Morgan fingerprint density at radius 1 is 1.27 bits per heavy atom. The molecular formula is C15H18F4N2O. The molecule has 22 heavy (non-hydrogen) atoms. The van der Waals surface area contributed by atoms with E-state index >= 15 is 0 Å². The first-order valence-corrected chi connectivity index (χ1v) is 7.16. The molecule has 1 aliphatic heterocycles. The van der Waals surface area contributed by atoms with E-state index in [1.54, 1.807) is 0 Å². The Balaban J connectivity index is 2.25. The zero-order chi connectivity index (χ0) is 16.3. The summed E-state index contributed by atoms with van der Waals surface area (Å²) in [6.07, 6.45) is -2.50. The van der Waals surface area contributed by atoms with Crippen LogP contribution < -0.4 is 5.32 Å². The van der Waals surface area contributed by atoms with Crippen molar-refractivity contribution in [2.75, 3.05) is 20.1 Å². The molecule has 1 N–H and O–H groups in total. The average molecular weight is 318 g/mol. The molecule has 0 bridgehead atoms. The van der Waals surface area contributed by atoms with Gasteiger partial charge in [0, 0.05) is 13.1 Å². The van der Waals surface area contributed by atoms with E-state index in [9.17, 15) is 22.4 Å². The van der Waals surface area contributed by atoms with Crippen LogP contribution in [0.15, 0.2) is 18.2 Å². The topological polar surface area (TPSA) is 32.3 Å². The van der Waals surface area contributed by atoms with Crippen LogP contribution in [0.1, 0.15) is 35.2 Å². The van der Waals surface area contributed by atoms with Gasteiger partial charge in [0.1, 0.15) is 5.82 Å². The predicted octanol–water partition coefficient (Wildman–Crippen LogP) is 3.06. The molecule has 0 radical (unpaired) electrons. The number of amides is 1. The summed E-state index contributed by atoms with van der Waals surface area (Å²) >= 11 is 0. The molecule has 0 aliphatic carbocycles. The van der Waals surface area contributed by atoms with Crippen LogP contribution in [0.3, 0.4) is 0 Å². The van der Waals surface area contributed by atoms with Gasteiger partial charge < -0.3 is 10.2 Å². The smallest absolute Gasteiger partial charge is 0.339 e. The van der Waals surface area contributed by atoms with Crippen molar-refractivity contribution in [3.63, 3.8) is 0 Å². The van der Waals surface area contributed by atoms with Gasteiger partial charge in [-0.1, -0.05) is 6.07 Å². The first-order chi connectivity index (χ1) is 10.3. The van der Waals surface area contributed by atoms with E-state index in [1.807, 2.05) is 0 Å². The maximum Gasteiger partial charge on any atom is 0.419 e. The molecule has 0 spiro atoms. The van der Waals surface area contributed by atoms with Crippen molar-refractivity contribution in [1.82, 2.24) is 10.2 Å². The molecule has 1 atom stereocenters. The standard InChI is InChI=1S/C15H18F4N2O/c1-21(10-4-3-8-20-9-7-10)14(22)11-5-2-6-12(13(11)16)15(17,18)19/h2,5-6,10,20H,3-4,7-9H2,1H3. The molecule has 1 aliphatic rings. The van der Waals surface area contributed by atoms with Gasteiger partial charge in [-0.2, -0.15) is 13.2 Å². The maximum absolute atomic E-state index is 14.0. The maximum atomic E-state index is 14.0. The summed E-state index contributed by atoms with van der Waals surface area (Å²) in [4.78, 5) is 13.7. The van der Waals surface area contributed by atoms with Gasteiger partial charge in [0.05, 0.1) is 11.1 Å².